The second-order valence-corrected chi connectivity index (χ2v) is 11.8. The largest absolute Gasteiger partial charge is 0.492 e. The third kappa shape index (κ3) is 6.17. The Hall–Kier alpha value is -3.67. The molecule has 4 nitrogen and oxygen atoms in total. The van der Waals surface area contributed by atoms with Crippen LogP contribution < -0.4 is 20.5 Å². The standard InChI is InChI=1S/C35H33IN3OP/c1-4-31(26-10-6-5-7-11-26)35(28-16-19-34(38-41-36)29(22-28)23-37)27-14-17-30(18-15-27)40-21-20-39-24(2)32-12-8-9-13-33(32)25(39)3/h5-19,22-23,37-38,41H,2-4,20-21H2,1H3/b35-31+,37-23?. The highest BCUT2D eigenvalue weighted by Gasteiger charge is 2.15. The Balaban J connectivity index is 1.45. The summed E-state index contributed by atoms with van der Waals surface area (Å²) in [7, 11) is 0. The first-order chi connectivity index (χ1) is 20.0. The maximum atomic E-state index is 8.03. The number of benzene rings is 4. The fraction of sp³-hybridized carbons (Fsp3) is 0.114. The molecule has 0 aliphatic rings. The molecule has 0 saturated carbocycles. The lowest BCUT2D eigenvalue weighted by atomic mass is 9.87. The van der Waals surface area contributed by atoms with Crippen molar-refractivity contribution in [3.8, 4) is 5.75 Å². The van der Waals surface area contributed by atoms with Crippen molar-refractivity contribution in [2.45, 2.75) is 19.9 Å². The van der Waals surface area contributed by atoms with Gasteiger partial charge in [-0.3, -0.25) is 0 Å². The predicted octanol–water partition coefficient (Wildman–Crippen LogP) is 8.26. The molecule has 41 heavy (non-hydrogen) atoms. The SMILES string of the molecule is C=c1c2ccccc2c(=C)n1CCOc1ccc(/C(=C(/CC)c2ccccc2)c2ccc(NPI)c(C=N)c2)cc1. The van der Waals surface area contributed by atoms with Gasteiger partial charge in [0.15, 0.2) is 0 Å². The highest BCUT2D eigenvalue weighted by molar-refractivity contribution is 14.2. The van der Waals surface area contributed by atoms with Crippen LogP contribution in [0.2, 0.25) is 0 Å². The molecule has 0 bridgehead atoms. The van der Waals surface area contributed by atoms with Gasteiger partial charge >= 0.3 is 0 Å². The summed E-state index contributed by atoms with van der Waals surface area (Å²) < 4.78 is 8.31. The van der Waals surface area contributed by atoms with Gasteiger partial charge in [0.2, 0.25) is 0 Å². The van der Waals surface area contributed by atoms with Gasteiger partial charge in [-0.15, -0.1) is 0 Å². The van der Waals surface area contributed by atoms with E-state index in [0.717, 1.165) is 56.0 Å². The van der Waals surface area contributed by atoms with Gasteiger partial charge in [-0.2, -0.15) is 0 Å². The highest BCUT2D eigenvalue weighted by Crippen LogP contribution is 2.37. The Kier molecular flexibility index (Phi) is 9.38. The molecule has 0 amide bonds. The average Bonchev–Trinajstić information content (AvgIpc) is 3.26. The Morgan fingerprint density at radius 3 is 2.12 bits per heavy atom. The minimum atomic E-state index is 0.521. The molecule has 0 spiro atoms. The maximum absolute atomic E-state index is 8.03. The van der Waals surface area contributed by atoms with Crippen LogP contribution >= 0.6 is 28.4 Å². The molecule has 0 saturated heterocycles. The van der Waals surface area contributed by atoms with Gasteiger partial charge < -0.3 is 19.8 Å². The zero-order chi connectivity index (χ0) is 28.8. The fourth-order valence-corrected chi connectivity index (χ4v) is 6.57. The van der Waals surface area contributed by atoms with Crippen LogP contribution in [-0.4, -0.2) is 17.4 Å². The fourth-order valence-electron chi connectivity index (χ4n) is 5.36. The number of ether oxygens (including phenoxy) is 1. The zero-order valence-electron chi connectivity index (χ0n) is 23.1. The second-order valence-electron chi connectivity index (χ2n) is 9.70. The molecule has 4 aromatic carbocycles. The van der Waals surface area contributed by atoms with Crippen LogP contribution in [0.25, 0.3) is 35.1 Å². The number of aromatic nitrogens is 1. The van der Waals surface area contributed by atoms with Gasteiger partial charge in [0.05, 0.1) is 6.54 Å². The van der Waals surface area contributed by atoms with Crippen LogP contribution in [0, 0.1) is 5.41 Å². The van der Waals surface area contributed by atoms with Crippen LogP contribution in [0.1, 0.15) is 35.6 Å². The first-order valence-corrected chi connectivity index (χ1v) is 17.7. The van der Waals surface area contributed by atoms with Crippen molar-refractivity contribution in [1.82, 2.24) is 4.57 Å². The van der Waals surface area contributed by atoms with Crippen molar-refractivity contribution in [3.05, 3.63) is 130 Å². The predicted molar refractivity (Wildman–Crippen MR) is 187 cm³/mol. The summed E-state index contributed by atoms with van der Waals surface area (Å²) >= 11 is 2.31. The molecule has 1 atom stereocenters. The monoisotopic (exact) mass is 669 g/mol. The summed E-state index contributed by atoms with van der Waals surface area (Å²) in [6, 6.07) is 33.5. The minimum Gasteiger partial charge on any atom is -0.492 e. The molecule has 0 aliphatic heterocycles. The van der Waals surface area contributed by atoms with Gasteiger partial charge in [-0.05, 0) is 80.6 Å². The molecule has 0 aliphatic carbocycles. The van der Waals surface area contributed by atoms with Crippen LogP contribution in [0.15, 0.2) is 97.1 Å². The molecule has 2 N–H and O–H groups in total. The Labute approximate surface area is 256 Å². The summed E-state index contributed by atoms with van der Waals surface area (Å²) in [5.74, 6) is 0.821. The van der Waals surface area contributed by atoms with Crippen LogP contribution in [-0.2, 0) is 6.54 Å². The van der Waals surface area contributed by atoms with E-state index in [1.165, 1.54) is 22.9 Å². The lowest BCUT2D eigenvalue weighted by Gasteiger charge is -2.18. The molecule has 1 unspecified atom stereocenters. The van der Waals surface area contributed by atoms with Crippen molar-refractivity contribution in [2.24, 2.45) is 0 Å². The molecule has 5 aromatic rings. The van der Waals surface area contributed by atoms with Gasteiger partial charge in [-0.25, -0.2) is 0 Å². The number of halogens is 1. The Bertz CT molecular complexity index is 1760. The smallest absolute Gasteiger partial charge is 0.119 e. The number of anilines is 1. The lowest BCUT2D eigenvalue weighted by molar-refractivity contribution is 0.296. The normalized spacial score (nSPS) is 12.0. The summed E-state index contributed by atoms with van der Waals surface area (Å²) in [6.07, 6.45) is 2.84. The molecule has 0 radical (unpaired) electrons. The van der Waals surface area contributed by atoms with Crippen LogP contribution in [0.4, 0.5) is 5.69 Å². The average molecular weight is 670 g/mol. The van der Waals surface area contributed by atoms with Crippen molar-refractivity contribution in [2.75, 3.05) is 11.7 Å². The van der Waals surface area contributed by atoms with E-state index < -0.39 is 0 Å². The lowest BCUT2D eigenvalue weighted by Crippen LogP contribution is -2.27. The Morgan fingerprint density at radius 2 is 1.51 bits per heavy atom. The summed E-state index contributed by atoms with van der Waals surface area (Å²) in [4.78, 5) is 0. The van der Waals surface area contributed by atoms with Gasteiger partial charge in [0.25, 0.3) is 0 Å². The molecule has 5 rings (SSSR count). The molecular formula is C35H33IN3OP. The number of hydrogen-bond acceptors (Lipinski definition) is 3. The molecular weight excluding hydrogens is 636 g/mol. The van der Waals surface area contributed by atoms with E-state index in [2.05, 4.69) is 119 Å². The summed E-state index contributed by atoms with van der Waals surface area (Å²) in [5, 5.41) is 15.6. The molecule has 6 heteroatoms. The highest BCUT2D eigenvalue weighted by atomic mass is 127. The summed E-state index contributed by atoms with van der Waals surface area (Å²) in [6.45, 7) is 12.0. The third-order valence-electron chi connectivity index (χ3n) is 7.38. The first-order valence-electron chi connectivity index (χ1n) is 13.6. The first kappa shape index (κ1) is 28.8. The number of allylic oxidation sites excluding steroid dienone is 1. The van der Waals surface area contributed by atoms with Gasteiger partial charge in [0, 0.05) is 45.3 Å². The molecule has 1 aromatic heterocycles. The van der Waals surface area contributed by atoms with E-state index >= 15 is 0 Å². The number of nitrogens with zero attached hydrogens (tertiary/aromatic N) is 1. The van der Waals surface area contributed by atoms with Crippen molar-refractivity contribution < 1.29 is 4.74 Å². The van der Waals surface area contributed by atoms with Crippen molar-refractivity contribution in [1.29, 1.82) is 5.41 Å². The van der Waals surface area contributed by atoms with E-state index in [4.69, 9.17) is 10.1 Å². The van der Waals surface area contributed by atoms with E-state index in [-0.39, 0.29) is 0 Å². The number of hydrogen-bond donors (Lipinski definition) is 2. The van der Waals surface area contributed by atoms with E-state index in [1.807, 2.05) is 30.3 Å². The number of rotatable bonds is 11. The summed E-state index contributed by atoms with van der Waals surface area (Å²) in [5.41, 5.74) is 7.68. The molecule has 0 fully saturated rings. The molecule has 206 valence electrons. The van der Waals surface area contributed by atoms with Crippen LogP contribution in [0.5, 0.6) is 5.75 Å². The zero-order valence-corrected chi connectivity index (χ0v) is 26.2. The van der Waals surface area contributed by atoms with E-state index in [0.29, 0.717) is 19.5 Å². The Morgan fingerprint density at radius 1 is 0.878 bits per heavy atom. The second kappa shape index (κ2) is 13.3. The number of nitrogens with one attached hydrogen (secondary N) is 2. The quantitative estimate of drug-likeness (QED) is 0.0644. The topological polar surface area (TPSA) is 50.0 Å². The van der Waals surface area contributed by atoms with Crippen molar-refractivity contribution in [3.63, 3.8) is 0 Å². The minimum absolute atomic E-state index is 0.521. The van der Waals surface area contributed by atoms with Crippen LogP contribution in [0.3, 0.4) is 0 Å². The van der Waals surface area contributed by atoms with Gasteiger partial charge in [-0.1, -0.05) is 92.9 Å². The molecule has 1 heterocycles. The van der Waals surface area contributed by atoms with Gasteiger partial charge in [0.1, 0.15) is 12.4 Å². The van der Waals surface area contributed by atoms with E-state index in [9.17, 15) is 0 Å². The third-order valence-corrected chi connectivity index (χ3v) is 8.56. The van der Waals surface area contributed by atoms with E-state index in [1.54, 1.807) is 0 Å². The maximum Gasteiger partial charge on any atom is 0.119 e. The number of fused-ring (bicyclic) bond motifs is 1. The van der Waals surface area contributed by atoms with Crippen molar-refractivity contribution >= 4 is 75.4 Å².